The Bertz CT molecular complexity index is 963. The molecule has 7 heteroatoms. The number of halogens is 1. The van der Waals surface area contributed by atoms with Gasteiger partial charge in [0.15, 0.2) is 0 Å². The third-order valence-corrected chi connectivity index (χ3v) is 8.71. The summed E-state index contributed by atoms with van der Waals surface area (Å²) in [6, 6.07) is 12.2. The fourth-order valence-corrected chi connectivity index (χ4v) is 6.48. The van der Waals surface area contributed by atoms with E-state index in [4.69, 9.17) is 11.6 Å². The van der Waals surface area contributed by atoms with Crippen LogP contribution in [0.25, 0.3) is 0 Å². The first kappa shape index (κ1) is 25.2. The zero-order valence-electron chi connectivity index (χ0n) is 20.2. The summed E-state index contributed by atoms with van der Waals surface area (Å²) in [6.45, 7) is 8.46. The van der Waals surface area contributed by atoms with Crippen LogP contribution < -0.4 is 10.6 Å². The van der Waals surface area contributed by atoms with Crippen molar-refractivity contribution in [1.82, 2.24) is 15.5 Å². The summed E-state index contributed by atoms with van der Waals surface area (Å²) < 4.78 is 0.551. The maximum absolute atomic E-state index is 13.3. The van der Waals surface area contributed by atoms with Crippen LogP contribution in [-0.4, -0.2) is 42.4 Å². The first-order valence-electron chi connectivity index (χ1n) is 12.5. The predicted molar refractivity (Wildman–Crippen MR) is 139 cm³/mol. The van der Waals surface area contributed by atoms with Gasteiger partial charge in [-0.2, -0.15) is 0 Å². The molecule has 184 valence electrons. The van der Waals surface area contributed by atoms with Crippen molar-refractivity contribution >= 4 is 34.8 Å². The molecular weight excluding hydrogens is 466 g/mol. The molecule has 34 heavy (non-hydrogen) atoms. The minimum Gasteiger partial charge on any atom is -0.351 e. The SMILES string of the molecule is CC(C)(CN1CCCC1)C1CCC(NC(=O)C(NC(=O)c2ccc(Cl)s2)c2ccccc2)CC1. The number of hydrogen-bond acceptors (Lipinski definition) is 4. The Morgan fingerprint density at radius 1 is 1.06 bits per heavy atom. The molecule has 0 bridgehead atoms. The second-order valence-corrected chi connectivity index (χ2v) is 12.2. The van der Waals surface area contributed by atoms with Gasteiger partial charge in [-0.05, 0) is 80.6 Å². The van der Waals surface area contributed by atoms with Crippen molar-refractivity contribution in [3.05, 3.63) is 57.2 Å². The van der Waals surface area contributed by atoms with Gasteiger partial charge in [-0.25, -0.2) is 0 Å². The number of nitrogens with one attached hydrogen (secondary N) is 2. The number of hydrogen-bond donors (Lipinski definition) is 2. The van der Waals surface area contributed by atoms with Gasteiger partial charge >= 0.3 is 0 Å². The highest BCUT2D eigenvalue weighted by Gasteiger charge is 2.36. The van der Waals surface area contributed by atoms with E-state index in [1.165, 1.54) is 43.8 Å². The second-order valence-electron chi connectivity index (χ2n) is 10.4. The average molecular weight is 502 g/mol. The second kappa shape index (κ2) is 11.2. The van der Waals surface area contributed by atoms with Gasteiger partial charge < -0.3 is 15.5 Å². The molecule has 4 rings (SSSR count). The van der Waals surface area contributed by atoms with Crippen LogP contribution in [0.15, 0.2) is 42.5 Å². The molecule has 0 spiro atoms. The lowest BCUT2D eigenvalue weighted by molar-refractivity contribution is -0.124. The normalized spacial score (nSPS) is 22.3. The van der Waals surface area contributed by atoms with Gasteiger partial charge in [-0.1, -0.05) is 55.8 Å². The maximum atomic E-state index is 13.3. The molecule has 1 aliphatic heterocycles. The average Bonchev–Trinajstić information content (AvgIpc) is 3.49. The number of benzene rings is 1. The number of nitrogens with zero attached hydrogens (tertiary/aromatic N) is 1. The Balaban J connectivity index is 1.35. The number of rotatable bonds is 8. The predicted octanol–water partition coefficient (Wildman–Crippen LogP) is 5.67. The molecule has 0 radical (unpaired) electrons. The topological polar surface area (TPSA) is 61.4 Å². The van der Waals surface area contributed by atoms with E-state index in [9.17, 15) is 9.59 Å². The first-order chi connectivity index (χ1) is 16.3. The van der Waals surface area contributed by atoms with Crippen molar-refractivity contribution in [2.45, 2.75) is 64.5 Å². The molecule has 5 nitrogen and oxygen atoms in total. The van der Waals surface area contributed by atoms with Crippen molar-refractivity contribution in [2.75, 3.05) is 19.6 Å². The number of amides is 2. The van der Waals surface area contributed by atoms with Crippen LogP contribution in [0, 0.1) is 11.3 Å². The summed E-state index contributed by atoms with van der Waals surface area (Å²) >= 11 is 7.21. The van der Waals surface area contributed by atoms with Crippen LogP contribution in [0.5, 0.6) is 0 Å². The van der Waals surface area contributed by atoms with Crippen molar-refractivity contribution in [3.8, 4) is 0 Å². The standard InChI is InChI=1S/C27H36ClN3O2S/c1-27(2,18-31-16-6-7-17-31)20-10-12-21(13-11-20)29-26(33)24(19-8-4-3-5-9-19)30-25(32)22-14-15-23(28)34-22/h3-5,8-9,14-15,20-21,24H,6-7,10-13,16-18H2,1-2H3,(H,29,33)(H,30,32). The largest absolute Gasteiger partial charge is 0.351 e. The molecule has 1 saturated heterocycles. The van der Waals surface area contributed by atoms with Crippen LogP contribution in [-0.2, 0) is 4.79 Å². The summed E-state index contributed by atoms with van der Waals surface area (Å²) in [7, 11) is 0. The molecule has 2 aromatic rings. The van der Waals surface area contributed by atoms with Gasteiger partial charge in [0, 0.05) is 12.6 Å². The Labute approximate surface area is 212 Å². The van der Waals surface area contributed by atoms with Gasteiger partial charge in [0.1, 0.15) is 6.04 Å². The Morgan fingerprint density at radius 3 is 2.35 bits per heavy atom. The molecule has 1 aliphatic carbocycles. The molecule has 2 amide bonds. The molecule has 1 atom stereocenters. The minimum absolute atomic E-state index is 0.144. The van der Waals surface area contributed by atoms with E-state index in [-0.39, 0.29) is 17.9 Å². The number of thiophene rings is 1. The van der Waals surface area contributed by atoms with Gasteiger partial charge in [0.2, 0.25) is 5.91 Å². The van der Waals surface area contributed by atoms with Crippen LogP contribution in [0.4, 0.5) is 0 Å². The van der Waals surface area contributed by atoms with E-state index in [0.29, 0.717) is 20.5 Å². The zero-order chi connectivity index (χ0) is 24.1. The first-order valence-corrected chi connectivity index (χ1v) is 13.6. The van der Waals surface area contributed by atoms with E-state index in [1.807, 2.05) is 30.3 Å². The number of carbonyl (C=O) groups excluding carboxylic acids is 2. The van der Waals surface area contributed by atoms with Crippen LogP contribution in [0.1, 0.15) is 73.6 Å². The van der Waals surface area contributed by atoms with E-state index in [2.05, 4.69) is 29.4 Å². The minimum atomic E-state index is -0.737. The van der Waals surface area contributed by atoms with E-state index >= 15 is 0 Å². The smallest absolute Gasteiger partial charge is 0.262 e. The lowest BCUT2D eigenvalue weighted by Gasteiger charge is -2.41. The molecule has 1 aromatic carbocycles. The number of carbonyl (C=O) groups is 2. The van der Waals surface area contributed by atoms with Crippen LogP contribution in [0.3, 0.4) is 0 Å². The highest BCUT2D eigenvalue weighted by Crippen LogP contribution is 2.39. The van der Waals surface area contributed by atoms with E-state index < -0.39 is 6.04 Å². The third kappa shape index (κ3) is 6.41. The van der Waals surface area contributed by atoms with E-state index in [1.54, 1.807) is 12.1 Å². The van der Waals surface area contributed by atoms with Crippen molar-refractivity contribution in [1.29, 1.82) is 0 Å². The van der Waals surface area contributed by atoms with Gasteiger partial charge in [-0.15, -0.1) is 11.3 Å². The quantitative estimate of drug-likeness (QED) is 0.490. The van der Waals surface area contributed by atoms with Gasteiger partial charge in [-0.3, -0.25) is 9.59 Å². The van der Waals surface area contributed by atoms with Gasteiger partial charge in [0.25, 0.3) is 5.91 Å². The summed E-state index contributed by atoms with van der Waals surface area (Å²) in [5.41, 5.74) is 1.07. The molecule has 1 unspecified atom stereocenters. The summed E-state index contributed by atoms with van der Waals surface area (Å²) in [4.78, 5) is 29.2. The van der Waals surface area contributed by atoms with Crippen molar-refractivity contribution in [2.24, 2.45) is 11.3 Å². The zero-order valence-corrected chi connectivity index (χ0v) is 21.8. The van der Waals surface area contributed by atoms with Crippen molar-refractivity contribution < 1.29 is 9.59 Å². The Kier molecular flexibility index (Phi) is 8.33. The highest BCUT2D eigenvalue weighted by atomic mass is 35.5. The Hall–Kier alpha value is -1.89. The Morgan fingerprint density at radius 2 is 1.74 bits per heavy atom. The fourth-order valence-electron chi connectivity index (χ4n) is 5.53. The van der Waals surface area contributed by atoms with Crippen molar-refractivity contribution in [3.63, 3.8) is 0 Å². The molecule has 2 heterocycles. The fraction of sp³-hybridized carbons (Fsp3) is 0.556. The number of likely N-dealkylation sites (tertiary alicyclic amines) is 1. The van der Waals surface area contributed by atoms with Crippen LogP contribution >= 0.6 is 22.9 Å². The lowest BCUT2D eigenvalue weighted by Crippen LogP contribution is -2.47. The molecule has 1 aromatic heterocycles. The molecule has 2 aliphatic rings. The van der Waals surface area contributed by atoms with Gasteiger partial charge in [0.05, 0.1) is 9.21 Å². The third-order valence-electron chi connectivity index (χ3n) is 7.48. The van der Waals surface area contributed by atoms with Crippen LogP contribution in [0.2, 0.25) is 4.34 Å². The molecular formula is C27H36ClN3O2S. The lowest BCUT2D eigenvalue weighted by atomic mass is 9.70. The monoisotopic (exact) mass is 501 g/mol. The summed E-state index contributed by atoms with van der Waals surface area (Å²) in [5.74, 6) is 0.240. The highest BCUT2D eigenvalue weighted by molar-refractivity contribution is 7.18. The molecule has 2 N–H and O–H groups in total. The summed E-state index contributed by atoms with van der Waals surface area (Å²) in [6.07, 6.45) is 6.87. The maximum Gasteiger partial charge on any atom is 0.262 e. The molecule has 1 saturated carbocycles. The van der Waals surface area contributed by atoms with E-state index in [0.717, 1.165) is 31.2 Å². The molecule has 2 fully saturated rings. The summed E-state index contributed by atoms with van der Waals surface area (Å²) in [5, 5.41) is 6.16.